The number of carboxylic acid groups (broad SMARTS) is 3. The van der Waals surface area contributed by atoms with Crippen LogP contribution in [-0.4, -0.2) is 51.0 Å². The monoisotopic (exact) mass is 703 g/mol. The number of carbonyl (C=O) groups is 5. The van der Waals surface area contributed by atoms with Crippen molar-refractivity contribution >= 4 is 29.6 Å². The van der Waals surface area contributed by atoms with Crippen molar-refractivity contribution in [3.05, 3.63) is 71.8 Å². The Morgan fingerprint density at radius 2 is 1.40 bits per heavy atom. The minimum Gasteiger partial charge on any atom is -0.481 e. The van der Waals surface area contributed by atoms with E-state index >= 15 is 0 Å². The molecule has 0 aliphatic carbocycles. The van der Waals surface area contributed by atoms with E-state index in [0.717, 1.165) is 57.1 Å². The Balaban J connectivity index is 2.02. The quantitative estimate of drug-likeness (QED) is 0.0631. The number of nitrogens with one attached hydrogen (secondary N) is 1. The second-order valence-electron chi connectivity index (χ2n) is 12.5. The standard InChI is InChI=1S/C38H48F3NO8/c1-2-3-4-7-10-16-30(43)17-11-8-5-6-9-12-18-31(32(36(47)48)25-34(44)45)35(46)42-33(37(49)50)23-26-19-21-27(22-20-26)28-14-13-15-29(24-28)38(39,40)41/h12-15,18-22,24,31-33H,2-11,16-17,23,25H2,1H3,(H,42,46)(H,44,45)(H,47,48)(H,49,50)/b18-12+/t31-,32+,33-/m0/s1. The maximum absolute atomic E-state index is 13.3. The molecule has 1 amide bonds. The molecule has 0 saturated heterocycles. The number of unbranched alkanes of at least 4 members (excludes halogenated alkanes) is 8. The van der Waals surface area contributed by atoms with E-state index in [0.29, 0.717) is 42.4 Å². The number of carbonyl (C=O) groups excluding carboxylic acids is 2. The van der Waals surface area contributed by atoms with Crippen molar-refractivity contribution in [3.63, 3.8) is 0 Å². The Bertz CT molecular complexity index is 1440. The number of carboxylic acids is 3. The van der Waals surface area contributed by atoms with Crippen molar-refractivity contribution in [2.24, 2.45) is 11.8 Å². The van der Waals surface area contributed by atoms with Crippen LogP contribution in [0.4, 0.5) is 13.2 Å². The van der Waals surface area contributed by atoms with Gasteiger partial charge in [-0.25, -0.2) is 4.79 Å². The Morgan fingerprint density at radius 3 is 1.96 bits per heavy atom. The molecular weight excluding hydrogens is 655 g/mol. The molecule has 4 N–H and O–H groups in total. The summed E-state index contributed by atoms with van der Waals surface area (Å²) >= 11 is 0. The number of alkyl halides is 3. The summed E-state index contributed by atoms with van der Waals surface area (Å²) in [5.74, 6) is -8.19. The first kappa shape index (κ1) is 41.7. The molecule has 0 aliphatic heterocycles. The van der Waals surface area contributed by atoms with Gasteiger partial charge < -0.3 is 20.6 Å². The van der Waals surface area contributed by atoms with Gasteiger partial charge in [-0.05, 0) is 54.5 Å². The zero-order valence-electron chi connectivity index (χ0n) is 28.4. The fourth-order valence-corrected chi connectivity index (χ4v) is 5.60. The van der Waals surface area contributed by atoms with Gasteiger partial charge in [-0.2, -0.15) is 13.2 Å². The number of benzene rings is 2. The second-order valence-corrected chi connectivity index (χ2v) is 12.5. The molecule has 12 heteroatoms. The molecular formula is C38H48F3NO8. The second kappa shape index (κ2) is 21.6. The van der Waals surface area contributed by atoms with Crippen LogP contribution in [0, 0.1) is 11.8 Å². The first-order valence-corrected chi connectivity index (χ1v) is 17.2. The number of Topliss-reactive ketones (excluding diaryl/α,β-unsaturated/α-hetero) is 1. The fraction of sp³-hybridized carbons (Fsp3) is 0.500. The smallest absolute Gasteiger partial charge is 0.416 e. The van der Waals surface area contributed by atoms with Crippen LogP contribution >= 0.6 is 0 Å². The molecule has 0 spiro atoms. The molecule has 0 radical (unpaired) electrons. The van der Waals surface area contributed by atoms with Gasteiger partial charge in [0.25, 0.3) is 0 Å². The first-order chi connectivity index (χ1) is 23.7. The van der Waals surface area contributed by atoms with Crippen molar-refractivity contribution in [2.75, 3.05) is 0 Å². The zero-order chi connectivity index (χ0) is 37.1. The topological polar surface area (TPSA) is 158 Å². The number of halogens is 3. The highest BCUT2D eigenvalue weighted by molar-refractivity contribution is 5.91. The number of hydrogen-bond acceptors (Lipinski definition) is 5. The maximum Gasteiger partial charge on any atom is 0.416 e. The van der Waals surface area contributed by atoms with E-state index in [2.05, 4.69) is 12.2 Å². The molecule has 274 valence electrons. The molecule has 2 aromatic rings. The van der Waals surface area contributed by atoms with Crippen LogP contribution < -0.4 is 5.32 Å². The Morgan fingerprint density at radius 1 is 0.780 bits per heavy atom. The van der Waals surface area contributed by atoms with Crippen molar-refractivity contribution in [2.45, 2.75) is 109 Å². The van der Waals surface area contributed by atoms with Gasteiger partial charge in [0.05, 0.1) is 23.8 Å². The number of hydrogen-bond donors (Lipinski definition) is 4. The van der Waals surface area contributed by atoms with Crippen LogP contribution in [0.15, 0.2) is 60.7 Å². The van der Waals surface area contributed by atoms with Crippen LogP contribution in [0.1, 0.15) is 102 Å². The predicted molar refractivity (Wildman–Crippen MR) is 182 cm³/mol. The number of ketones is 1. The van der Waals surface area contributed by atoms with Crippen LogP contribution in [0.25, 0.3) is 11.1 Å². The summed E-state index contributed by atoms with van der Waals surface area (Å²) in [5, 5.41) is 31.3. The summed E-state index contributed by atoms with van der Waals surface area (Å²) in [6.45, 7) is 2.14. The lowest BCUT2D eigenvalue weighted by Gasteiger charge is -2.22. The van der Waals surface area contributed by atoms with Crippen LogP contribution in [-0.2, 0) is 36.6 Å². The molecule has 0 heterocycles. The minimum atomic E-state index is -4.52. The van der Waals surface area contributed by atoms with Gasteiger partial charge in [-0.1, -0.05) is 94.0 Å². The molecule has 0 aliphatic rings. The van der Waals surface area contributed by atoms with Crippen molar-refractivity contribution < 1.29 is 52.5 Å². The lowest BCUT2D eigenvalue weighted by molar-refractivity contribution is -0.152. The van der Waals surface area contributed by atoms with E-state index in [4.69, 9.17) is 0 Å². The SMILES string of the molecule is CCCCCCCC(=O)CCCCCC/C=C/[C@H](C(=O)N[C@@H](Cc1ccc(-c2cccc(C(F)(F)F)c2)cc1)C(=O)O)[C@@H](CC(=O)O)C(=O)O. The van der Waals surface area contributed by atoms with Gasteiger partial charge in [0, 0.05) is 19.3 Å². The molecule has 0 unspecified atom stereocenters. The third-order valence-electron chi connectivity index (χ3n) is 8.46. The van der Waals surface area contributed by atoms with Crippen LogP contribution in [0.3, 0.4) is 0 Å². The summed E-state index contributed by atoms with van der Waals surface area (Å²) in [6.07, 6.45) is 7.47. The molecule has 0 fully saturated rings. The van der Waals surface area contributed by atoms with Crippen molar-refractivity contribution in [1.29, 1.82) is 0 Å². The molecule has 2 aromatic carbocycles. The highest BCUT2D eigenvalue weighted by Gasteiger charge is 2.35. The first-order valence-electron chi connectivity index (χ1n) is 17.2. The number of amides is 1. The van der Waals surface area contributed by atoms with E-state index in [1.54, 1.807) is 6.08 Å². The Kier molecular flexibility index (Phi) is 18.0. The number of rotatable bonds is 24. The van der Waals surface area contributed by atoms with Gasteiger partial charge in [-0.15, -0.1) is 0 Å². The minimum absolute atomic E-state index is 0.224. The molecule has 9 nitrogen and oxygen atoms in total. The number of allylic oxidation sites excluding steroid dienone is 1. The summed E-state index contributed by atoms with van der Waals surface area (Å²) in [4.78, 5) is 60.9. The van der Waals surface area contributed by atoms with Gasteiger partial charge in [0.2, 0.25) is 5.91 Å². The molecule has 0 aromatic heterocycles. The Labute approximate surface area is 291 Å². The third-order valence-corrected chi connectivity index (χ3v) is 8.46. The Hall–Kier alpha value is -4.48. The summed E-state index contributed by atoms with van der Waals surface area (Å²) < 4.78 is 39.4. The average molecular weight is 704 g/mol. The van der Waals surface area contributed by atoms with E-state index in [-0.39, 0.29) is 12.2 Å². The highest BCUT2D eigenvalue weighted by Crippen LogP contribution is 2.32. The van der Waals surface area contributed by atoms with Crippen LogP contribution in [0.2, 0.25) is 0 Å². The molecule has 0 saturated carbocycles. The van der Waals surface area contributed by atoms with E-state index in [9.17, 15) is 52.5 Å². The molecule has 0 bridgehead atoms. The molecule has 3 atom stereocenters. The van der Waals surface area contributed by atoms with Crippen molar-refractivity contribution in [3.8, 4) is 11.1 Å². The van der Waals surface area contributed by atoms with E-state index in [1.165, 1.54) is 48.9 Å². The lowest BCUT2D eigenvalue weighted by Crippen LogP contribution is -2.47. The highest BCUT2D eigenvalue weighted by atomic mass is 19.4. The van der Waals surface area contributed by atoms with Gasteiger partial charge in [0.1, 0.15) is 11.8 Å². The van der Waals surface area contributed by atoms with Gasteiger partial charge in [-0.3, -0.25) is 19.2 Å². The number of aliphatic carboxylic acids is 3. The molecule has 2 rings (SSSR count). The van der Waals surface area contributed by atoms with Crippen LogP contribution in [0.5, 0.6) is 0 Å². The predicted octanol–water partition coefficient (Wildman–Crippen LogP) is 8.10. The lowest BCUT2D eigenvalue weighted by atomic mass is 9.87. The molecule has 50 heavy (non-hydrogen) atoms. The maximum atomic E-state index is 13.3. The normalized spacial score (nSPS) is 13.4. The summed E-state index contributed by atoms with van der Waals surface area (Å²) in [5.41, 5.74) is 0.390. The van der Waals surface area contributed by atoms with Gasteiger partial charge in [0.15, 0.2) is 0 Å². The zero-order valence-corrected chi connectivity index (χ0v) is 28.4. The van der Waals surface area contributed by atoms with E-state index in [1.807, 2.05) is 0 Å². The van der Waals surface area contributed by atoms with Gasteiger partial charge >= 0.3 is 24.1 Å². The van der Waals surface area contributed by atoms with Crippen molar-refractivity contribution in [1.82, 2.24) is 5.32 Å². The summed E-state index contributed by atoms with van der Waals surface area (Å²) in [6, 6.07) is 9.33. The average Bonchev–Trinajstić information content (AvgIpc) is 3.06. The fourth-order valence-electron chi connectivity index (χ4n) is 5.60. The largest absolute Gasteiger partial charge is 0.481 e. The van der Waals surface area contributed by atoms with E-state index < -0.39 is 59.9 Å². The third kappa shape index (κ3) is 15.4. The summed E-state index contributed by atoms with van der Waals surface area (Å²) in [7, 11) is 0.